The Kier molecular flexibility index (Phi) is 6.40. The van der Waals surface area contributed by atoms with Crippen LogP contribution in [0.2, 0.25) is 0 Å². The van der Waals surface area contributed by atoms with Gasteiger partial charge in [-0.3, -0.25) is 9.59 Å². The fourth-order valence-corrected chi connectivity index (χ4v) is 3.38. The van der Waals surface area contributed by atoms with Gasteiger partial charge in [-0.15, -0.1) is 0 Å². The highest BCUT2D eigenvalue weighted by Gasteiger charge is 2.22. The normalized spacial score (nSPS) is 13.4. The second-order valence-electron chi connectivity index (χ2n) is 6.52. The quantitative estimate of drug-likeness (QED) is 0.703. The summed E-state index contributed by atoms with van der Waals surface area (Å²) in [6, 6.07) is 17.7. The molecule has 0 unspecified atom stereocenters. The zero-order valence-electron chi connectivity index (χ0n) is 15.3. The van der Waals surface area contributed by atoms with E-state index in [-0.39, 0.29) is 24.7 Å². The van der Waals surface area contributed by atoms with Gasteiger partial charge in [0.2, 0.25) is 11.8 Å². The number of hydrogen-bond donors (Lipinski definition) is 0. The van der Waals surface area contributed by atoms with Crippen LogP contribution < -0.4 is 0 Å². The van der Waals surface area contributed by atoms with Crippen LogP contribution in [0.15, 0.2) is 64.2 Å². The Bertz CT molecular complexity index is 852. The first-order valence-corrected chi connectivity index (χ1v) is 9.74. The number of benzene rings is 2. The van der Waals surface area contributed by atoms with E-state index >= 15 is 0 Å². The van der Waals surface area contributed by atoms with E-state index in [0.717, 1.165) is 27.7 Å². The van der Waals surface area contributed by atoms with Crippen molar-refractivity contribution in [3.63, 3.8) is 0 Å². The van der Waals surface area contributed by atoms with Crippen LogP contribution in [0.1, 0.15) is 30.4 Å². The molecule has 5 nitrogen and oxygen atoms in total. The van der Waals surface area contributed by atoms with Gasteiger partial charge in [0, 0.05) is 37.3 Å². The second kappa shape index (κ2) is 8.95. The third kappa shape index (κ3) is 5.04. The van der Waals surface area contributed by atoms with E-state index in [1.54, 1.807) is 11.9 Å². The molecule has 0 aliphatic carbocycles. The van der Waals surface area contributed by atoms with Crippen LogP contribution in [0.4, 0.5) is 0 Å². The van der Waals surface area contributed by atoms with Crippen LogP contribution in [-0.4, -0.2) is 41.0 Å². The average molecular weight is 428 g/mol. The maximum Gasteiger partial charge on any atom is 0.243 e. The lowest BCUT2D eigenvalue weighted by Crippen LogP contribution is -2.29. The van der Waals surface area contributed by atoms with Crippen molar-refractivity contribution in [3.05, 3.63) is 70.2 Å². The molecule has 140 valence electrons. The molecule has 0 fully saturated rings. The topological polar surface area (TPSA) is 53.0 Å². The average Bonchev–Trinajstić information content (AvgIpc) is 3.18. The van der Waals surface area contributed by atoms with Gasteiger partial charge < -0.3 is 4.90 Å². The van der Waals surface area contributed by atoms with Gasteiger partial charge in [0.05, 0.1) is 12.3 Å². The number of hydrazone groups is 1. The van der Waals surface area contributed by atoms with Crippen molar-refractivity contribution in [1.82, 2.24) is 9.91 Å². The Morgan fingerprint density at radius 3 is 2.52 bits per heavy atom. The Morgan fingerprint density at radius 1 is 1.07 bits per heavy atom. The van der Waals surface area contributed by atoms with Gasteiger partial charge in [-0.05, 0) is 17.2 Å². The molecule has 2 amide bonds. The monoisotopic (exact) mass is 427 g/mol. The third-order valence-electron chi connectivity index (χ3n) is 4.54. The zero-order valence-corrected chi connectivity index (χ0v) is 16.9. The van der Waals surface area contributed by atoms with Gasteiger partial charge in [0.1, 0.15) is 0 Å². The van der Waals surface area contributed by atoms with Crippen molar-refractivity contribution in [3.8, 4) is 0 Å². The summed E-state index contributed by atoms with van der Waals surface area (Å²) >= 11 is 3.49. The van der Waals surface area contributed by atoms with E-state index in [4.69, 9.17) is 0 Å². The summed E-state index contributed by atoms with van der Waals surface area (Å²) in [6.07, 6.45) is 1.10. The smallest absolute Gasteiger partial charge is 0.243 e. The van der Waals surface area contributed by atoms with Crippen LogP contribution >= 0.6 is 15.9 Å². The molecule has 0 aromatic heterocycles. The van der Waals surface area contributed by atoms with Crippen molar-refractivity contribution in [2.24, 2.45) is 5.10 Å². The van der Waals surface area contributed by atoms with Crippen molar-refractivity contribution < 1.29 is 9.59 Å². The van der Waals surface area contributed by atoms with Crippen LogP contribution in [0, 0.1) is 0 Å². The van der Waals surface area contributed by atoms with E-state index in [1.807, 2.05) is 54.6 Å². The number of carbonyl (C=O) groups excluding carboxylic acids is 2. The highest BCUT2D eigenvalue weighted by atomic mass is 79.9. The molecule has 0 radical (unpaired) electrons. The predicted octanol–water partition coefficient (Wildman–Crippen LogP) is 3.82. The number of nitrogens with zero attached hydrogens (tertiary/aromatic N) is 3. The summed E-state index contributed by atoms with van der Waals surface area (Å²) in [6.45, 7) is 1.08. The Labute approximate surface area is 167 Å². The molecule has 2 aromatic carbocycles. The SMILES string of the molecule is CN(Cc1ccccc1Br)C(=O)CCC(=O)N1CCC(c2ccccc2)=N1. The molecule has 1 aliphatic heterocycles. The molecular weight excluding hydrogens is 406 g/mol. The standard InChI is InChI=1S/C21H22BrN3O2/c1-24(15-17-9-5-6-10-18(17)22)20(26)11-12-21(27)25-14-13-19(23-25)16-7-3-2-4-8-16/h2-10H,11-15H2,1H3. The lowest BCUT2D eigenvalue weighted by Gasteiger charge is -2.18. The molecular formula is C21H22BrN3O2. The third-order valence-corrected chi connectivity index (χ3v) is 5.31. The summed E-state index contributed by atoms with van der Waals surface area (Å²) in [5.41, 5.74) is 3.00. The molecule has 27 heavy (non-hydrogen) atoms. The number of rotatable bonds is 6. The molecule has 0 saturated carbocycles. The van der Waals surface area contributed by atoms with Gasteiger partial charge in [0.25, 0.3) is 0 Å². The number of halogens is 1. The molecule has 1 heterocycles. The summed E-state index contributed by atoms with van der Waals surface area (Å²) < 4.78 is 0.973. The first-order valence-electron chi connectivity index (χ1n) is 8.95. The highest BCUT2D eigenvalue weighted by Crippen LogP contribution is 2.18. The Balaban J connectivity index is 1.51. The van der Waals surface area contributed by atoms with Gasteiger partial charge in [-0.25, -0.2) is 5.01 Å². The molecule has 0 spiro atoms. The molecule has 3 rings (SSSR count). The lowest BCUT2D eigenvalue weighted by molar-refractivity contribution is -0.136. The molecule has 2 aromatic rings. The fourth-order valence-electron chi connectivity index (χ4n) is 2.97. The minimum atomic E-state index is -0.108. The Hall–Kier alpha value is -2.47. The largest absolute Gasteiger partial charge is 0.341 e. The second-order valence-corrected chi connectivity index (χ2v) is 7.38. The van der Waals surface area contributed by atoms with Crippen LogP contribution in [-0.2, 0) is 16.1 Å². The van der Waals surface area contributed by atoms with Gasteiger partial charge >= 0.3 is 0 Å². The van der Waals surface area contributed by atoms with Gasteiger partial charge in [0.15, 0.2) is 0 Å². The summed E-state index contributed by atoms with van der Waals surface area (Å²) in [5.74, 6) is -0.158. The molecule has 0 saturated heterocycles. The highest BCUT2D eigenvalue weighted by molar-refractivity contribution is 9.10. The molecule has 0 N–H and O–H groups in total. The van der Waals surface area contributed by atoms with Gasteiger partial charge in [-0.2, -0.15) is 5.10 Å². The number of amides is 2. The summed E-state index contributed by atoms with van der Waals surface area (Å²) in [4.78, 5) is 26.4. The molecule has 6 heteroatoms. The van der Waals surface area contributed by atoms with Crippen LogP contribution in [0.3, 0.4) is 0 Å². The minimum Gasteiger partial charge on any atom is -0.341 e. The van der Waals surface area contributed by atoms with E-state index in [9.17, 15) is 9.59 Å². The van der Waals surface area contributed by atoms with E-state index < -0.39 is 0 Å². The number of carbonyl (C=O) groups is 2. The molecule has 0 atom stereocenters. The Morgan fingerprint density at radius 2 is 1.78 bits per heavy atom. The van der Waals surface area contributed by atoms with E-state index in [1.165, 1.54) is 5.01 Å². The lowest BCUT2D eigenvalue weighted by atomic mass is 10.1. The first-order chi connectivity index (χ1) is 13.0. The summed E-state index contributed by atoms with van der Waals surface area (Å²) in [5, 5.41) is 5.92. The van der Waals surface area contributed by atoms with E-state index in [2.05, 4.69) is 21.0 Å². The van der Waals surface area contributed by atoms with Crippen molar-refractivity contribution in [2.75, 3.05) is 13.6 Å². The van der Waals surface area contributed by atoms with Crippen LogP contribution in [0.5, 0.6) is 0 Å². The van der Waals surface area contributed by atoms with E-state index in [0.29, 0.717) is 13.1 Å². The van der Waals surface area contributed by atoms with Crippen molar-refractivity contribution >= 4 is 33.5 Å². The van der Waals surface area contributed by atoms with Crippen LogP contribution in [0.25, 0.3) is 0 Å². The minimum absolute atomic E-state index is 0.0504. The van der Waals surface area contributed by atoms with Gasteiger partial charge in [-0.1, -0.05) is 64.5 Å². The first kappa shape index (κ1) is 19.3. The predicted molar refractivity (Wildman–Crippen MR) is 109 cm³/mol. The van der Waals surface area contributed by atoms with Crippen molar-refractivity contribution in [2.45, 2.75) is 25.8 Å². The maximum atomic E-state index is 12.4. The van der Waals surface area contributed by atoms with Crippen molar-refractivity contribution in [1.29, 1.82) is 0 Å². The fraction of sp³-hybridized carbons (Fsp3) is 0.286. The molecule has 0 bridgehead atoms. The molecule has 1 aliphatic rings. The zero-order chi connectivity index (χ0) is 19.2. The number of hydrogen-bond acceptors (Lipinski definition) is 3. The summed E-state index contributed by atoms with van der Waals surface area (Å²) in [7, 11) is 1.76. The maximum absolute atomic E-state index is 12.4.